The highest BCUT2D eigenvalue weighted by atomic mass is 35.5. The van der Waals surface area contributed by atoms with E-state index in [0.29, 0.717) is 15.1 Å². The van der Waals surface area contributed by atoms with E-state index in [-0.39, 0.29) is 58.1 Å². The van der Waals surface area contributed by atoms with Gasteiger partial charge in [-0.15, -0.1) is 11.8 Å². The van der Waals surface area contributed by atoms with Crippen LogP contribution in [0.15, 0.2) is 58.7 Å². The van der Waals surface area contributed by atoms with Crippen molar-refractivity contribution < 1.29 is 67.5 Å². The van der Waals surface area contributed by atoms with Gasteiger partial charge in [-0.25, -0.2) is 22.8 Å². The molecule has 5 rings (SSSR count). The maximum atomic E-state index is 15.2. The second-order valence-electron chi connectivity index (χ2n) is 15.9. The monoisotopic (exact) mass is 1060 g/mol. The van der Waals surface area contributed by atoms with E-state index in [1.165, 1.54) is 36.0 Å². The van der Waals surface area contributed by atoms with E-state index in [0.717, 1.165) is 32.4 Å². The lowest BCUT2D eigenvalue weighted by atomic mass is 9.93. The van der Waals surface area contributed by atoms with Crippen LogP contribution in [-0.4, -0.2) is 104 Å². The second-order valence-corrected chi connectivity index (χ2v) is 18.9. The number of anilines is 1. The highest BCUT2D eigenvalue weighted by Crippen LogP contribution is 2.45. The number of ether oxygens (including phenoxy) is 1. The predicted molar refractivity (Wildman–Crippen MR) is 247 cm³/mol. The number of amides is 2. The summed E-state index contributed by atoms with van der Waals surface area (Å²) in [6.45, 7) is 1.41. The molecule has 2 unspecified atom stereocenters. The first kappa shape index (κ1) is 57.2. The zero-order valence-electron chi connectivity index (χ0n) is 38.1. The molecule has 13 nitrogen and oxygen atoms in total. The van der Waals surface area contributed by atoms with E-state index in [2.05, 4.69) is 32.2 Å². The molecule has 2 heterocycles. The van der Waals surface area contributed by atoms with Gasteiger partial charge < -0.3 is 26.6 Å². The van der Waals surface area contributed by atoms with Crippen LogP contribution < -0.4 is 21.1 Å². The number of halogens is 11. The molecule has 0 radical (unpaired) electrons. The molecule has 0 spiro atoms. The number of thioether (sulfide) groups is 1. The molecule has 1 aliphatic carbocycles. The number of aromatic nitrogens is 3. The van der Waals surface area contributed by atoms with Crippen molar-refractivity contribution in [3.63, 3.8) is 0 Å². The van der Waals surface area contributed by atoms with Crippen molar-refractivity contribution in [2.45, 2.75) is 75.6 Å². The number of allylic oxidation sites excluding steroid dienone is 2. The van der Waals surface area contributed by atoms with Gasteiger partial charge in [-0.3, -0.25) is 14.5 Å². The lowest BCUT2D eigenvalue weighted by Crippen LogP contribution is -2.34. The fourth-order valence-corrected chi connectivity index (χ4v) is 8.18. The number of nitrogens with one attached hydrogen (secondary N) is 1. The first-order valence-electron chi connectivity index (χ1n) is 20.6. The molecule has 2 aromatic carbocycles. The SMILES string of the molecule is CO.CSC(C)(C)C#Cc1ccc(-c2ccc(Cl)c3c(N(C(=O)OCCCN)S(C)=O)nn(CC(F)(F)F)c23)c(C(Cc2cc(F)cc(F)c2)NC(=O)CN=C2/C(=C(\N)C(F)(F)F)[C@@H](C)CC2(F)F)n1. The number of aliphatic hydroxyl groups is 1. The molecule has 0 saturated heterocycles. The lowest BCUT2D eigenvalue weighted by Gasteiger charge is -2.23. The van der Waals surface area contributed by atoms with Crippen LogP contribution in [-0.2, 0) is 33.5 Å². The summed E-state index contributed by atoms with van der Waals surface area (Å²) in [4.78, 5) is 35.5. The summed E-state index contributed by atoms with van der Waals surface area (Å²) in [6, 6.07) is 5.89. The van der Waals surface area contributed by atoms with Crippen LogP contribution in [0.1, 0.15) is 56.6 Å². The minimum absolute atomic E-state index is 0.00439. The highest BCUT2D eigenvalue weighted by Gasteiger charge is 2.52. The lowest BCUT2D eigenvalue weighted by molar-refractivity contribution is -0.141. The average Bonchev–Trinajstić information content (AvgIpc) is 3.72. The summed E-state index contributed by atoms with van der Waals surface area (Å²) < 4.78 is 163. The van der Waals surface area contributed by atoms with Gasteiger partial charge >= 0.3 is 18.4 Å². The molecular weight excluding hydrogens is 1010 g/mol. The molecule has 382 valence electrons. The van der Waals surface area contributed by atoms with Crippen LogP contribution >= 0.6 is 23.4 Å². The van der Waals surface area contributed by atoms with Crippen LogP contribution in [0.25, 0.3) is 22.0 Å². The Balaban J connectivity index is 0.00000526. The molecule has 0 bridgehead atoms. The molecule has 1 aliphatic rings. The summed E-state index contributed by atoms with van der Waals surface area (Å²) in [5.74, 6) is -3.46. The fraction of sp³-hybridized carbons (Fsp3) is 0.432. The van der Waals surface area contributed by atoms with Crippen molar-refractivity contribution in [3.05, 3.63) is 87.3 Å². The summed E-state index contributed by atoms with van der Waals surface area (Å²) >= 11 is 8.02. The first-order chi connectivity index (χ1) is 32.6. The van der Waals surface area contributed by atoms with Crippen LogP contribution in [0.3, 0.4) is 0 Å². The zero-order chi connectivity index (χ0) is 52.7. The number of carbonyl (C=O) groups is 2. The number of nitrogens with two attached hydrogens (primary N) is 2. The van der Waals surface area contributed by atoms with Crippen LogP contribution in [0.2, 0.25) is 5.02 Å². The van der Waals surface area contributed by atoms with Crippen molar-refractivity contribution in [1.82, 2.24) is 20.1 Å². The number of benzene rings is 2. The van der Waals surface area contributed by atoms with Gasteiger partial charge in [0.05, 0.1) is 39.0 Å². The summed E-state index contributed by atoms with van der Waals surface area (Å²) in [5, 5.41) is 12.9. The Morgan fingerprint density at radius 1 is 1.10 bits per heavy atom. The quantitative estimate of drug-likeness (QED) is 0.0541. The van der Waals surface area contributed by atoms with Gasteiger partial charge in [0.1, 0.15) is 52.8 Å². The number of aliphatic imine (C=N–C) groups is 1. The highest BCUT2D eigenvalue weighted by molar-refractivity contribution is 8.00. The Labute approximate surface area is 407 Å². The van der Waals surface area contributed by atoms with Gasteiger partial charge in [-0.1, -0.05) is 30.5 Å². The predicted octanol–water partition coefficient (Wildman–Crippen LogP) is 8.57. The van der Waals surface area contributed by atoms with E-state index in [9.17, 15) is 48.9 Å². The molecule has 0 aliphatic heterocycles. The Morgan fingerprint density at radius 3 is 2.30 bits per heavy atom. The molecule has 1 fully saturated rings. The van der Waals surface area contributed by atoms with E-state index in [4.69, 9.17) is 32.9 Å². The standard InChI is InChI=1S/C43H43ClF10N8O4S2.CH4O/c1-22-19-41(47,48)37(32(22)36(56)43(52,53)54)57-20-31(63)59-30(17-23-15-24(45)18-25(46)16-23)34-27(8-7-26(58-34)11-12-40(2,3)67-4)28-9-10-29(44)33-35(28)61(21-42(49,50)51)60-38(33)62(68(5)65)39(64)66-14-6-13-55;1-2/h7-10,15-16,18,22,30H,6,13-14,17,19-21,55-56H2,1-5H3,(H,59,63);2H,1H3/b36-32-,57-37?;/t22-,30?,68?;/m0./s1. The number of fused-ring (bicyclic) bond motifs is 1. The molecule has 26 heteroatoms. The number of rotatable bonds is 14. The third-order valence-corrected chi connectivity index (χ3v) is 12.5. The number of carbonyl (C=O) groups excluding carboxylic acids is 2. The number of pyridine rings is 1. The molecule has 70 heavy (non-hydrogen) atoms. The van der Waals surface area contributed by atoms with Gasteiger partial charge in [-0.2, -0.15) is 44.5 Å². The molecule has 2 aromatic heterocycles. The van der Waals surface area contributed by atoms with Crippen molar-refractivity contribution in [2.75, 3.05) is 43.6 Å². The van der Waals surface area contributed by atoms with E-state index >= 15 is 8.78 Å². The largest absolute Gasteiger partial charge is 0.448 e. The van der Waals surface area contributed by atoms with Crippen molar-refractivity contribution >= 4 is 68.8 Å². The van der Waals surface area contributed by atoms with E-state index in [1.807, 2.05) is 0 Å². The Bertz CT molecular complexity index is 2720. The van der Waals surface area contributed by atoms with E-state index < -0.39 is 124 Å². The number of nitrogens with zero attached hydrogens (tertiary/aromatic N) is 5. The number of hydrogen-bond acceptors (Lipinski definition) is 11. The first-order valence-corrected chi connectivity index (χ1v) is 23.7. The molecule has 6 N–H and O–H groups in total. The molecule has 3 atom stereocenters. The second kappa shape index (κ2) is 23.2. The van der Waals surface area contributed by atoms with Gasteiger partial charge in [0.15, 0.2) is 5.82 Å². The fourth-order valence-electron chi connectivity index (χ4n) is 7.16. The minimum Gasteiger partial charge on any atom is -0.448 e. The summed E-state index contributed by atoms with van der Waals surface area (Å²) in [6.07, 6.45) is -10.2. The summed E-state index contributed by atoms with van der Waals surface area (Å²) in [5.41, 5.74) is 5.45. The average molecular weight is 1060 g/mol. The summed E-state index contributed by atoms with van der Waals surface area (Å²) in [7, 11) is -1.34. The number of alkyl halides is 8. The van der Waals surface area contributed by atoms with Crippen molar-refractivity contribution in [3.8, 4) is 23.0 Å². The topological polar surface area (TPSA) is 191 Å². The van der Waals surface area contributed by atoms with Crippen molar-refractivity contribution in [2.24, 2.45) is 22.4 Å². The Hall–Kier alpha value is -5.42. The third kappa shape index (κ3) is 14.1. The van der Waals surface area contributed by atoms with Crippen LogP contribution in [0.5, 0.6) is 0 Å². The smallest absolute Gasteiger partial charge is 0.431 e. The molecule has 2 amide bonds. The van der Waals surface area contributed by atoms with E-state index in [1.54, 1.807) is 20.1 Å². The van der Waals surface area contributed by atoms with Gasteiger partial charge in [-0.05, 0) is 87.2 Å². The molecule has 1 saturated carbocycles. The van der Waals surface area contributed by atoms with Crippen LogP contribution in [0, 0.1) is 29.4 Å². The number of aliphatic hydroxyl groups excluding tert-OH is 1. The molecule has 4 aromatic rings. The van der Waals surface area contributed by atoms with Gasteiger partial charge in [0, 0.05) is 42.6 Å². The van der Waals surface area contributed by atoms with Gasteiger partial charge in [0.25, 0.3) is 5.92 Å². The Morgan fingerprint density at radius 2 is 1.73 bits per heavy atom. The zero-order valence-corrected chi connectivity index (χ0v) is 40.5. The molecular formula is C44H47ClF10N8O5S2. The maximum absolute atomic E-state index is 15.2. The number of hydrogen-bond donors (Lipinski definition) is 4. The minimum atomic E-state index is -5.23. The normalized spacial score (nSPS) is 17.0. The maximum Gasteiger partial charge on any atom is 0.431 e. The third-order valence-electron chi connectivity index (χ3n) is 10.2. The van der Waals surface area contributed by atoms with Crippen molar-refractivity contribution in [1.29, 1.82) is 0 Å². The Kier molecular flexibility index (Phi) is 19.0. The van der Waals surface area contributed by atoms with Gasteiger partial charge in [0.2, 0.25) is 5.91 Å². The van der Waals surface area contributed by atoms with Crippen LogP contribution in [0.4, 0.5) is 54.5 Å².